The maximum atomic E-state index is 4.33. The Morgan fingerprint density at radius 2 is 1.31 bits per heavy atom. The van der Waals surface area contributed by atoms with Gasteiger partial charge in [0.15, 0.2) is 0 Å². The molecule has 0 saturated heterocycles. The minimum Gasteiger partial charge on any atom is -0.163 e. The summed E-state index contributed by atoms with van der Waals surface area (Å²) in [6, 6.07) is 0. The lowest BCUT2D eigenvalue weighted by atomic mass is 10.1. The van der Waals surface area contributed by atoms with Gasteiger partial charge in [0.05, 0.1) is 10.5 Å². The van der Waals surface area contributed by atoms with Crippen LogP contribution in [-0.4, -0.2) is 10.5 Å². The molecule has 0 rings (SSSR count). The van der Waals surface area contributed by atoms with Crippen molar-refractivity contribution in [2.45, 2.75) is 43.6 Å². The molecule has 0 aromatic carbocycles. The fraction of sp³-hybridized carbons (Fsp3) is 0.636. The van der Waals surface area contributed by atoms with Gasteiger partial charge in [-0.3, -0.25) is 0 Å². The van der Waals surface area contributed by atoms with Crippen LogP contribution in [0.2, 0.25) is 0 Å². The molecule has 0 fully saturated rings. The number of rotatable bonds is 4. The number of hydrogen-bond acceptors (Lipinski definition) is 2. The zero-order valence-electron chi connectivity index (χ0n) is 8.17. The van der Waals surface area contributed by atoms with Crippen molar-refractivity contribution in [2.24, 2.45) is 0 Å². The van der Waals surface area contributed by atoms with E-state index in [-0.39, 0.29) is 10.5 Å². The molecule has 0 amide bonds. The molecule has 0 aromatic rings. The summed E-state index contributed by atoms with van der Waals surface area (Å²) in [5.41, 5.74) is 0. The van der Waals surface area contributed by atoms with Crippen LogP contribution >= 0.6 is 25.3 Å². The second-order valence-corrected chi connectivity index (χ2v) is 4.00. The van der Waals surface area contributed by atoms with Crippen LogP contribution in [0.5, 0.6) is 0 Å². The van der Waals surface area contributed by atoms with E-state index in [1.54, 1.807) is 0 Å². The number of thiol groups is 2. The Morgan fingerprint density at radius 1 is 0.923 bits per heavy atom. The van der Waals surface area contributed by atoms with E-state index in [4.69, 9.17) is 0 Å². The molecule has 72 valence electrons. The molecule has 13 heavy (non-hydrogen) atoms. The maximum absolute atomic E-state index is 4.33. The van der Waals surface area contributed by atoms with Crippen molar-refractivity contribution in [3.63, 3.8) is 0 Å². The fourth-order valence-corrected chi connectivity index (χ4v) is 1.61. The average Bonchev–Trinajstić information content (AvgIpc) is 2.05. The normalized spacial score (nSPS) is 13.2. The predicted molar refractivity (Wildman–Crippen MR) is 66.3 cm³/mol. The first-order valence-corrected chi connectivity index (χ1v) is 5.44. The van der Waals surface area contributed by atoms with E-state index in [0.29, 0.717) is 0 Å². The average molecular weight is 212 g/mol. The molecule has 0 radical (unpaired) electrons. The van der Waals surface area contributed by atoms with Crippen LogP contribution in [0.1, 0.15) is 33.1 Å². The zero-order chi connectivity index (χ0) is 10.1. The minimum atomic E-state index is 0.208. The first kappa shape index (κ1) is 12.8. The summed E-state index contributed by atoms with van der Waals surface area (Å²) in [5.74, 6) is 11.7. The van der Waals surface area contributed by atoms with Crippen LogP contribution in [0.25, 0.3) is 0 Å². The molecule has 0 heterocycles. The molecule has 2 heteroatoms. The predicted octanol–water partition coefficient (Wildman–Crippen LogP) is 2.80. The lowest BCUT2D eigenvalue weighted by Gasteiger charge is -2.04. The molecule has 2 unspecified atom stereocenters. The van der Waals surface area contributed by atoms with E-state index in [0.717, 1.165) is 19.3 Å². The lowest BCUT2D eigenvalue weighted by molar-refractivity contribution is 0.726. The van der Waals surface area contributed by atoms with Crippen molar-refractivity contribution in [1.82, 2.24) is 0 Å². The van der Waals surface area contributed by atoms with Gasteiger partial charge in [0.2, 0.25) is 0 Å². The van der Waals surface area contributed by atoms with Gasteiger partial charge in [-0.2, -0.15) is 25.3 Å². The highest BCUT2D eigenvalue weighted by molar-refractivity contribution is 7.81. The molecular formula is C11H16S2. The molecule has 2 atom stereocenters. The van der Waals surface area contributed by atoms with Crippen LogP contribution in [0.3, 0.4) is 0 Å². The summed E-state index contributed by atoms with van der Waals surface area (Å²) in [4.78, 5) is 0. The molecular weight excluding hydrogens is 196 g/mol. The molecule has 0 N–H and O–H groups in total. The standard InChI is InChI=1S/C11H16S2/c1-3-6-10(12)8-5-9-11(13)7-4-2/h10-13H,5,8-9H2,1-2H3. The van der Waals surface area contributed by atoms with Gasteiger partial charge < -0.3 is 0 Å². The van der Waals surface area contributed by atoms with E-state index < -0.39 is 0 Å². The SMILES string of the molecule is CC#CC(S)CCCC(S)C#CC. The third-order valence-electron chi connectivity index (χ3n) is 1.58. The quantitative estimate of drug-likeness (QED) is 0.519. The Bertz CT molecular complexity index is 210. The van der Waals surface area contributed by atoms with Gasteiger partial charge in [0.25, 0.3) is 0 Å². The van der Waals surface area contributed by atoms with Crippen LogP contribution < -0.4 is 0 Å². The van der Waals surface area contributed by atoms with Crippen LogP contribution in [-0.2, 0) is 0 Å². The van der Waals surface area contributed by atoms with Gasteiger partial charge in [-0.15, -0.1) is 11.8 Å². The van der Waals surface area contributed by atoms with E-state index in [9.17, 15) is 0 Å². The van der Waals surface area contributed by atoms with E-state index >= 15 is 0 Å². The molecule has 0 spiro atoms. The topological polar surface area (TPSA) is 0 Å². The second-order valence-electron chi connectivity index (χ2n) is 2.75. The first-order valence-electron chi connectivity index (χ1n) is 4.41. The second kappa shape index (κ2) is 8.42. The zero-order valence-corrected chi connectivity index (χ0v) is 9.96. The highest BCUT2D eigenvalue weighted by Crippen LogP contribution is 2.10. The summed E-state index contributed by atoms with van der Waals surface area (Å²) in [7, 11) is 0. The van der Waals surface area contributed by atoms with Crippen LogP contribution in [0, 0.1) is 23.7 Å². The van der Waals surface area contributed by atoms with Crippen molar-refractivity contribution in [3.8, 4) is 23.7 Å². The third kappa shape index (κ3) is 8.16. The Balaban J connectivity index is 3.52. The molecule has 0 aromatic heterocycles. The summed E-state index contributed by atoms with van der Waals surface area (Å²) in [5, 5.41) is 0.417. The summed E-state index contributed by atoms with van der Waals surface area (Å²) < 4.78 is 0. The van der Waals surface area contributed by atoms with Crippen molar-refractivity contribution in [1.29, 1.82) is 0 Å². The maximum Gasteiger partial charge on any atom is 0.0626 e. The minimum absolute atomic E-state index is 0.208. The molecule has 0 saturated carbocycles. The molecule has 0 bridgehead atoms. The van der Waals surface area contributed by atoms with Crippen molar-refractivity contribution < 1.29 is 0 Å². The van der Waals surface area contributed by atoms with Gasteiger partial charge in [0, 0.05) is 0 Å². The van der Waals surface area contributed by atoms with Gasteiger partial charge in [-0.05, 0) is 33.1 Å². The van der Waals surface area contributed by atoms with Gasteiger partial charge in [-0.1, -0.05) is 11.8 Å². The third-order valence-corrected chi connectivity index (χ3v) is 2.35. The fourth-order valence-electron chi connectivity index (χ4n) is 0.982. The summed E-state index contributed by atoms with van der Waals surface area (Å²) in [6.07, 6.45) is 3.13. The van der Waals surface area contributed by atoms with Crippen molar-refractivity contribution >= 4 is 25.3 Å². The highest BCUT2D eigenvalue weighted by atomic mass is 32.1. The van der Waals surface area contributed by atoms with E-state index in [1.165, 1.54) is 0 Å². The number of hydrogen-bond donors (Lipinski definition) is 2. The largest absolute Gasteiger partial charge is 0.163 e. The summed E-state index contributed by atoms with van der Waals surface area (Å²) in [6.45, 7) is 3.68. The van der Waals surface area contributed by atoms with Crippen LogP contribution in [0.15, 0.2) is 0 Å². The smallest absolute Gasteiger partial charge is 0.0626 e. The van der Waals surface area contributed by atoms with Crippen molar-refractivity contribution in [3.05, 3.63) is 0 Å². The lowest BCUT2D eigenvalue weighted by Crippen LogP contribution is -1.99. The molecule has 0 aliphatic heterocycles. The van der Waals surface area contributed by atoms with E-state index in [1.807, 2.05) is 13.8 Å². The molecule has 0 aliphatic carbocycles. The Kier molecular flexibility index (Phi) is 8.30. The van der Waals surface area contributed by atoms with Gasteiger partial charge >= 0.3 is 0 Å². The van der Waals surface area contributed by atoms with Crippen molar-refractivity contribution in [2.75, 3.05) is 0 Å². The van der Waals surface area contributed by atoms with Gasteiger partial charge in [-0.25, -0.2) is 0 Å². The molecule has 0 nitrogen and oxygen atoms in total. The Labute approximate surface area is 92.7 Å². The summed E-state index contributed by atoms with van der Waals surface area (Å²) >= 11 is 8.66. The Morgan fingerprint density at radius 3 is 1.62 bits per heavy atom. The van der Waals surface area contributed by atoms with Gasteiger partial charge in [0.1, 0.15) is 0 Å². The Hall–Kier alpha value is -0.180. The monoisotopic (exact) mass is 212 g/mol. The highest BCUT2D eigenvalue weighted by Gasteiger charge is 2.01. The van der Waals surface area contributed by atoms with Crippen LogP contribution in [0.4, 0.5) is 0 Å². The first-order chi connectivity index (χ1) is 6.20. The molecule has 0 aliphatic rings. The van der Waals surface area contributed by atoms with E-state index in [2.05, 4.69) is 48.9 Å².